The van der Waals surface area contributed by atoms with Crippen LogP contribution in [-0.4, -0.2) is 4.98 Å². The van der Waals surface area contributed by atoms with Crippen molar-refractivity contribution >= 4 is 27.1 Å². The Balaban J connectivity index is 1.80. The van der Waals surface area contributed by atoms with Crippen molar-refractivity contribution in [1.29, 1.82) is 0 Å². The van der Waals surface area contributed by atoms with Gasteiger partial charge in [-0.15, -0.1) is 0 Å². The first-order valence-corrected chi connectivity index (χ1v) is 9.53. The van der Waals surface area contributed by atoms with Crippen LogP contribution in [0.3, 0.4) is 0 Å². The quantitative estimate of drug-likeness (QED) is 0.330. The van der Waals surface area contributed by atoms with Crippen molar-refractivity contribution < 1.29 is 4.42 Å². The SMILES string of the molecule is C1=C(c2c3ccccc3c(-c3ccncc3)c3ccccc23)c2ccoc2C1. The van der Waals surface area contributed by atoms with Gasteiger partial charge in [0.25, 0.3) is 0 Å². The van der Waals surface area contributed by atoms with Gasteiger partial charge < -0.3 is 4.42 Å². The minimum atomic E-state index is 0.854. The molecule has 2 nitrogen and oxygen atoms in total. The summed E-state index contributed by atoms with van der Waals surface area (Å²) in [5.74, 6) is 1.06. The molecule has 0 N–H and O–H groups in total. The Morgan fingerprint density at radius 3 is 1.93 bits per heavy atom. The van der Waals surface area contributed by atoms with Crippen molar-refractivity contribution in [3.63, 3.8) is 0 Å². The molecule has 0 amide bonds. The molecule has 1 aliphatic carbocycles. The highest BCUT2D eigenvalue weighted by atomic mass is 16.3. The molecule has 6 rings (SSSR count). The third-order valence-electron chi connectivity index (χ3n) is 5.70. The Morgan fingerprint density at radius 2 is 1.29 bits per heavy atom. The van der Waals surface area contributed by atoms with E-state index in [1.54, 1.807) is 6.26 Å². The molecule has 132 valence electrons. The monoisotopic (exact) mass is 359 g/mol. The standard InChI is InChI=1S/C26H17NO/c1-3-7-21-19(5-1)25(17-11-14-27-15-12-17)20-6-2-4-8-22(20)26(21)23-9-10-24-18(23)13-16-28-24/h1-9,11-16H,10H2. The maximum atomic E-state index is 5.69. The van der Waals surface area contributed by atoms with E-state index in [-0.39, 0.29) is 0 Å². The predicted molar refractivity (Wildman–Crippen MR) is 114 cm³/mol. The molecule has 0 saturated heterocycles. The molecule has 0 unspecified atom stereocenters. The van der Waals surface area contributed by atoms with Gasteiger partial charge in [-0.1, -0.05) is 54.6 Å². The maximum Gasteiger partial charge on any atom is 0.115 e. The van der Waals surface area contributed by atoms with Crippen LogP contribution in [0.5, 0.6) is 0 Å². The molecule has 0 bridgehead atoms. The van der Waals surface area contributed by atoms with Gasteiger partial charge in [-0.25, -0.2) is 0 Å². The number of fused-ring (bicyclic) bond motifs is 3. The van der Waals surface area contributed by atoms with Crippen LogP contribution in [0.25, 0.3) is 38.2 Å². The van der Waals surface area contributed by atoms with E-state index in [1.165, 1.54) is 49.4 Å². The van der Waals surface area contributed by atoms with Crippen molar-refractivity contribution in [3.05, 3.63) is 108 Å². The lowest BCUT2D eigenvalue weighted by Gasteiger charge is -2.18. The van der Waals surface area contributed by atoms with Gasteiger partial charge in [0.15, 0.2) is 0 Å². The highest BCUT2D eigenvalue weighted by molar-refractivity contribution is 6.20. The molecule has 0 fully saturated rings. The highest BCUT2D eigenvalue weighted by Crippen LogP contribution is 2.45. The molecule has 3 aromatic carbocycles. The summed E-state index contributed by atoms with van der Waals surface area (Å²) in [6, 6.07) is 23.7. The van der Waals surface area contributed by atoms with Gasteiger partial charge in [-0.2, -0.15) is 0 Å². The average molecular weight is 359 g/mol. The lowest BCUT2D eigenvalue weighted by Crippen LogP contribution is -1.93. The Morgan fingerprint density at radius 1 is 0.679 bits per heavy atom. The van der Waals surface area contributed by atoms with Crippen molar-refractivity contribution in [2.45, 2.75) is 6.42 Å². The molecule has 28 heavy (non-hydrogen) atoms. The van der Waals surface area contributed by atoms with Crippen LogP contribution >= 0.6 is 0 Å². The number of benzene rings is 3. The zero-order chi connectivity index (χ0) is 18.5. The van der Waals surface area contributed by atoms with E-state index in [0.717, 1.165) is 12.2 Å². The maximum absolute atomic E-state index is 5.69. The second kappa shape index (κ2) is 5.93. The van der Waals surface area contributed by atoms with Crippen LogP contribution in [0.15, 0.2) is 95.9 Å². The number of pyridine rings is 1. The van der Waals surface area contributed by atoms with E-state index >= 15 is 0 Å². The van der Waals surface area contributed by atoms with Gasteiger partial charge >= 0.3 is 0 Å². The van der Waals surface area contributed by atoms with E-state index in [9.17, 15) is 0 Å². The molecule has 0 spiro atoms. The zero-order valence-electron chi connectivity index (χ0n) is 15.2. The largest absolute Gasteiger partial charge is 0.468 e. The van der Waals surface area contributed by atoms with Crippen LogP contribution < -0.4 is 0 Å². The number of rotatable bonds is 2. The van der Waals surface area contributed by atoms with Gasteiger partial charge in [0, 0.05) is 24.4 Å². The number of furan rings is 1. The van der Waals surface area contributed by atoms with E-state index in [4.69, 9.17) is 4.42 Å². The minimum Gasteiger partial charge on any atom is -0.468 e. The molecule has 1 aliphatic rings. The van der Waals surface area contributed by atoms with Crippen LogP contribution in [0.4, 0.5) is 0 Å². The highest BCUT2D eigenvalue weighted by Gasteiger charge is 2.23. The average Bonchev–Trinajstić information content (AvgIpc) is 3.37. The third-order valence-corrected chi connectivity index (χ3v) is 5.70. The van der Waals surface area contributed by atoms with Crippen molar-refractivity contribution in [1.82, 2.24) is 4.98 Å². The molecule has 0 aliphatic heterocycles. The fourth-order valence-electron chi connectivity index (χ4n) is 4.53. The van der Waals surface area contributed by atoms with Gasteiger partial charge in [0.05, 0.1) is 6.26 Å². The lowest BCUT2D eigenvalue weighted by atomic mass is 9.85. The fourth-order valence-corrected chi connectivity index (χ4v) is 4.53. The number of nitrogens with zero attached hydrogens (tertiary/aromatic N) is 1. The first-order valence-electron chi connectivity index (χ1n) is 9.53. The summed E-state index contributed by atoms with van der Waals surface area (Å²) >= 11 is 0. The third kappa shape index (κ3) is 2.12. The number of hydrogen-bond acceptors (Lipinski definition) is 2. The predicted octanol–water partition coefficient (Wildman–Crippen LogP) is 6.64. The van der Waals surface area contributed by atoms with E-state index in [1.807, 2.05) is 12.4 Å². The van der Waals surface area contributed by atoms with E-state index < -0.39 is 0 Å². The van der Waals surface area contributed by atoms with Gasteiger partial charge in [-0.05, 0) is 62.0 Å². The summed E-state index contributed by atoms with van der Waals surface area (Å²) in [6.45, 7) is 0. The van der Waals surface area contributed by atoms with Crippen LogP contribution in [-0.2, 0) is 6.42 Å². The molecular weight excluding hydrogens is 342 g/mol. The van der Waals surface area contributed by atoms with Gasteiger partial charge in [0.2, 0.25) is 0 Å². The topological polar surface area (TPSA) is 26.0 Å². The second-order valence-electron chi connectivity index (χ2n) is 7.16. The smallest absolute Gasteiger partial charge is 0.115 e. The van der Waals surface area contributed by atoms with Crippen LogP contribution in [0, 0.1) is 0 Å². The first-order chi connectivity index (χ1) is 13.9. The number of allylic oxidation sites excluding steroid dienone is 1. The van der Waals surface area contributed by atoms with Gasteiger partial charge in [0.1, 0.15) is 5.76 Å². The fraction of sp³-hybridized carbons (Fsp3) is 0.0385. The summed E-state index contributed by atoms with van der Waals surface area (Å²) in [5, 5.41) is 5.07. The van der Waals surface area contributed by atoms with Crippen molar-refractivity contribution in [2.75, 3.05) is 0 Å². The Kier molecular flexibility index (Phi) is 3.26. The number of aromatic nitrogens is 1. The van der Waals surface area contributed by atoms with E-state index in [0.29, 0.717) is 0 Å². The molecule has 0 radical (unpaired) electrons. The van der Waals surface area contributed by atoms with Crippen molar-refractivity contribution in [2.24, 2.45) is 0 Å². The van der Waals surface area contributed by atoms with Crippen LogP contribution in [0.2, 0.25) is 0 Å². The van der Waals surface area contributed by atoms with E-state index in [2.05, 4.69) is 77.8 Å². The van der Waals surface area contributed by atoms with Gasteiger partial charge in [-0.3, -0.25) is 4.98 Å². The summed E-state index contributed by atoms with van der Waals surface area (Å²) in [4.78, 5) is 4.21. The lowest BCUT2D eigenvalue weighted by molar-refractivity contribution is 0.524. The summed E-state index contributed by atoms with van der Waals surface area (Å²) < 4.78 is 5.69. The van der Waals surface area contributed by atoms with Crippen LogP contribution in [0.1, 0.15) is 16.9 Å². The number of hydrogen-bond donors (Lipinski definition) is 0. The molecule has 2 heterocycles. The Labute approximate surface area is 162 Å². The van der Waals surface area contributed by atoms with Crippen molar-refractivity contribution in [3.8, 4) is 11.1 Å². The molecule has 2 heteroatoms. The Hall–Kier alpha value is -3.65. The molecule has 0 saturated carbocycles. The second-order valence-corrected chi connectivity index (χ2v) is 7.16. The first kappa shape index (κ1) is 15.4. The molecule has 2 aromatic heterocycles. The summed E-state index contributed by atoms with van der Waals surface area (Å²) in [6.07, 6.45) is 8.68. The normalized spacial score (nSPS) is 13.1. The Bertz CT molecular complexity index is 1320. The minimum absolute atomic E-state index is 0.854. The summed E-state index contributed by atoms with van der Waals surface area (Å²) in [5.41, 5.74) is 6.25. The molecular formula is C26H17NO. The molecule has 5 aromatic rings. The zero-order valence-corrected chi connectivity index (χ0v) is 15.2. The summed E-state index contributed by atoms with van der Waals surface area (Å²) in [7, 11) is 0. The molecule has 0 atom stereocenters.